The molecule has 0 atom stereocenters. The zero-order valence-electron chi connectivity index (χ0n) is 5.25. The van der Waals surface area contributed by atoms with Gasteiger partial charge in [0, 0.05) is 0 Å². The number of nitrogens with one attached hydrogen (secondary N) is 2. The molecule has 0 saturated carbocycles. The second kappa shape index (κ2) is 2.24. The van der Waals surface area contributed by atoms with E-state index in [1.165, 1.54) is 17.5 Å². The molecule has 2 aromatic rings. The number of aromatic nitrogens is 2. The summed E-state index contributed by atoms with van der Waals surface area (Å²) in [6.45, 7) is 0. The van der Waals surface area contributed by atoms with Gasteiger partial charge in [0.15, 0.2) is 0 Å². The molecule has 11 heavy (non-hydrogen) atoms. The Morgan fingerprint density at radius 2 is 2.36 bits per heavy atom. The molecule has 0 unspecified atom stereocenters. The van der Waals surface area contributed by atoms with Crippen LogP contribution in [-0.2, 0) is 0 Å². The lowest BCUT2D eigenvalue weighted by atomic mass is 10.7. The average Bonchev–Trinajstić information content (AvgIpc) is 2.27. The molecule has 0 bridgehead atoms. The van der Waals surface area contributed by atoms with Gasteiger partial charge < -0.3 is 4.98 Å². The molecule has 0 aliphatic carbocycles. The minimum absolute atomic E-state index is 0.0938. The number of hydrogen-bond acceptors (Lipinski definition) is 5. The van der Waals surface area contributed by atoms with E-state index in [0.29, 0.717) is 0 Å². The number of fused-ring (bicyclic) bond motifs is 1. The van der Waals surface area contributed by atoms with Gasteiger partial charge in [0.1, 0.15) is 4.83 Å². The molecule has 0 radical (unpaired) electrons. The third-order valence-corrected chi connectivity index (χ3v) is 2.91. The number of thiazole rings is 1. The first-order chi connectivity index (χ1) is 5.25. The van der Waals surface area contributed by atoms with Gasteiger partial charge in [-0.3, -0.25) is 10.2 Å². The molecule has 0 aliphatic heterocycles. The summed E-state index contributed by atoms with van der Waals surface area (Å²) >= 11 is 2.29. The van der Waals surface area contributed by atoms with Crippen LogP contribution in [0.5, 0.6) is 0 Å². The second-order valence-electron chi connectivity index (χ2n) is 1.87. The van der Waals surface area contributed by atoms with Crippen LogP contribution in [-0.4, -0.2) is 9.97 Å². The lowest BCUT2D eigenvalue weighted by Gasteiger charge is -1.81. The average molecular weight is 185 g/mol. The predicted octanol–water partition coefficient (Wildman–Crippen LogP) is 0.526. The van der Waals surface area contributed by atoms with E-state index in [2.05, 4.69) is 9.97 Å². The summed E-state index contributed by atoms with van der Waals surface area (Å²) < 4.78 is 0.816. The van der Waals surface area contributed by atoms with E-state index in [1.54, 1.807) is 0 Å². The third kappa shape index (κ3) is 1.10. The molecule has 0 aromatic carbocycles. The third-order valence-electron chi connectivity index (χ3n) is 1.14. The summed E-state index contributed by atoms with van der Waals surface area (Å²) in [5.74, 6) is 0. The Hall–Kier alpha value is -1.01. The maximum Gasteiger partial charge on any atom is 0.306 e. The van der Waals surface area contributed by atoms with Crippen molar-refractivity contribution >= 4 is 32.2 Å². The molecule has 56 valence electrons. The molecule has 6 heteroatoms. The minimum atomic E-state index is -0.0938. The van der Waals surface area contributed by atoms with E-state index in [0.717, 1.165) is 20.9 Å². The van der Waals surface area contributed by atoms with Gasteiger partial charge in [-0.1, -0.05) is 22.7 Å². The van der Waals surface area contributed by atoms with E-state index < -0.39 is 0 Å². The summed E-state index contributed by atoms with van der Waals surface area (Å²) in [5.41, 5.74) is 0. The summed E-state index contributed by atoms with van der Waals surface area (Å²) in [6.07, 6.45) is 1.54. The SMILES string of the molecule is N=c1ncc2sc(=O)[nH]c2s1. The Balaban J connectivity index is 3.03. The lowest BCUT2D eigenvalue weighted by Crippen LogP contribution is -1.97. The maximum absolute atomic E-state index is 10.8. The van der Waals surface area contributed by atoms with E-state index in [1.807, 2.05) is 0 Å². The highest BCUT2D eigenvalue weighted by atomic mass is 32.1. The Labute approximate surface area is 68.7 Å². The standard InChI is InChI=1S/C5H3N3OS2/c6-4-7-1-2-3(11-4)8-5(9)10-2/h1,6H,(H,8,9). The van der Waals surface area contributed by atoms with Crippen LogP contribution in [0.15, 0.2) is 11.0 Å². The molecule has 0 saturated heterocycles. The quantitative estimate of drug-likeness (QED) is 0.628. The normalized spacial score (nSPS) is 10.5. The van der Waals surface area contributed by atoms with Crippen LogP contribution >= 0.6 is 22.7 Å². The molecular formula is C5H3N3OS2. The maximum atomic E-state index is 10.8. The number of H-pyrrole nitrogens is 1. The van der Waals surface area contributed by atoms with Crippen LogP contribution in [0.4, 0.5) is 0 Å². The molecule has 0 aliphatic rings. The Morgan fingerprint density at radius 1 is 1.55 bits per heavy atom. The molecule has 2 N–H and O–H groups in total. The summed E-state index contributed by atoms with van der Waals surface area (Å²) in [7, 11) is 0. The molecule has 0 spiro atoms. The van der Waals surface area contributed by atoms with Crippen LogP contribution < -0.4 is 9.67 Å². The lowest BCUT2D eigenvalue weighted by molar-refractivity contribution is 1.17. The molecular weight excluding hydrogens is 182 g/mol. The van der Waals surface area contributed by atoms with E-state index in [4.69, 9.17) is 5.41 Å². The van der Waals surface area contributed by atoms with Crippen molar-refractivity contribution < 1.29 is 0 Å². The number of nitrogens with zero attached hydrogens (tertiary/aromatic N) is 1. The first-order valence-corrected chi connectivity index (χ1v) is 4.42. The van der Waals surface area contributed by atoms with Gasteiger partial charge in [-0.15, -0.1) is 0 Å². The predicted molar refractivity (Wildman–Crippen MR) is 44.0 cm³/mol. The number of hydrogen-bond donors (Lipinski definition) is 2. The van der Waals surface area contributed by atoms with E-state index >= 15 is 0 Å². The van der Waals surface area contributed by atoms with Gasteiger partial charge in [-0.2, -0.15) is 0 Å². The Bertz CT molecular complexity index is 492. The molecule has 2 rings (SSSR count). The van der Waals surface area contributed by atoms with Crippen molar-refractivity contribution in [2.75, 3.05) is 0 Å². The number of rotatable bonds is 0. The minimum Gasteiger partial charge on any atom is -0.304 e. The fourth-order valence-electron chi connectivity index (χ4n) is 0.727. The molecule has 4 nitrogen and oxygen atoms in total. The first-order valence-electron chi connectivity index (χ1n) is 2.79. The van der Waals surface area contributed by atoms with Crippen molar-refractivity contribution in [3.8, 4) is 0 Å². The highest BCUT2D eigenvalue weighted by molar-refractivity contribution is 7.23. The van der Waals surface area contributed by atoms with Crippen LogP contribution in [0.25, 0.3) is 9.53 Å². The molecule has 0 fully saturated rings. The Kier molecular flexibility index (Phi) is 1.36. The van der Waals surface area contributed by atoms with E-state index in [-0.39, 0.29) is 9.67 Å². The van der Waals surface area contributed by atoms with E-state index in [9.17, 15) is 4.79 Å². The summed E-state index contributed by atoms with van der Waals surface area (Å²) in [6, 6.07) is 0. The summed E-state index contributed by atoms with van der Waals surface area (Å²) in [4.78, 5) is 18.0. The van der Waals surface area contributed by atoms with Gasteiger partial charge in [-0.25, -0.2) is 4.98 Å². The van der Waals surface area contributed by atoms with Gasteiger partial charge in [0.2, 0.25) is 4.80 Å². The largest absolute Gasteiger partial charge is 0.306 e. The highest BCUT2D eigenvalue weighted by Crippen LogP contribution is 2.12. The van der Waals surface area contributed by atoms with Crippen molar-refractivity contribution in [3.63, 3.8) is 0 Å². The molecule has 2 aromatic heterocycles. The zero-order valence-corrected chi connectivity index (χ0v) is 6.88. The van der Waals surface area contributed by atoms with Crippen LogP contribution in [0.3, 0.4) is 0 Å². The smallest absolute Gasteiger partial charge is 0.304 e. The van der Waals surface area contributed by atoms with Gasteiger partial charge in [0.05, 0.1) is 10.9 Å². The fourth-order valence-corrected chi connectivity index (χ4v) is 2.24. The van der Waals surface area contributed by atoms with Crippen molar-refractivity contribution in [1.29, 1.82) is 5.41 Å². The molecule has 0 amide bonds. The van der Waals surface area contributed by atoms with Crippen molar-refractivity contribution in [2.45, 2.75) is 0 Å². The summed E-state index contributed by atoms with van der Waals surface area (Å²) in [5, 5.41) is 7.18. The Morgan fingerprint density at radius 3 is 3.18 bits per heavy atom. The van der Waals surface area contributed by atoms with Crippen LogP contribution in [0.2, 0.25) is 0 Å². The fraction of sp³-hybridized carbons (Fsp3) is 0. The zero-order chi connectivity index (χ0) is 7.84. The second-order valence-corrected chi connectivity index (χ2v) is 3.89. The topological polar surface area (TPSA) is 69.6 Å². The van der Waals surface area contributed by atoms with Crippen LogP contribution in [0.1, 0.15) is 0 Å². The monoisotopic (exact) mass is 185 g/mol. The number of aromatic amines is 1. The first kappa shape index (κ1) is 6.68. The molecule has 2 heterocycles. The van der Waals surface area contributed by atoms with Gasteiger partial charge in [0.25, 0.3) is 0 Å². The highest BCUT2D eigenvalue weighted by Gasteiger charge is 1.97. The van der Waals surface area contributed by atoms with Gasteiger partial charge in [-0.05, 0) is 0 Å². The van der Waals surface area contributed by atoms with Crippen molar-refractivity contribution in [1.82, 2.24) is 9.97 Å². The van der Waals surface area contributed by atoms with Crippen molar-refractivity contribution in [3.05, 3.63) is 20.7 Å². The van der Waals surface area contributed by atoms with Crippen LogP contribution in [0, 0.1) is 5.41 Å². The van der Waals surface area contributed by atoms with Crippen molar-refractivity contribution in [2.24, 2.45) is 0 Å². The van der Waals surface area contributed by atoms with Gasteiger partial charge >= 0.3 is 4.87 Å².